The minimum absolute atomic E-state index is 0.0260. The van der Waals surface area contributed by atoms with Crippen molar-refractivity contribution in [1.29, 1.82) is 0 Å². The number of carbonyl (C=O) groups is 3. The summed E-state index contributed by atoms with van der Waals surface area (Å²) in [7, 11) is 0. The summed E-state index contributed by atoms with van der Waals surface area (Å²) >= 11 is 0. The molecule has 1 heterocycles. The van der Waals surface area contributed by atoms with E-state index in [2.05, 4.69) is 29.6 Å². The number of amides is 2. The van der Waals surface area contributed by atoms with Gasteiger partial charge >= 0.3 is 12.1 Å². The van der Waals surface area contributed by atoms with Crippen LogP contribution in [0.3, 0.4) is 0 Å². The van der Waals surface area contributed by atoms with Crippen LogP contribution in [0.1, 0.15) is 46.3 Å². The SMILES string of the molecule is C[C@@H](CC(=O)N1CCc2cc(C(=O)O)ccc21)NC(=O)OCC1c2ccccc2-c2ccccc21. The van der Waals surface area contributed by atoms with Crippen molar-refractivity contribution in [3.63, 3.8) is 0 Å². The molecular formula is C28H26N2O5. The van der Waals surface area contributed by atoms with E-state index in [1.165, 1.54) is 6.07 Å². The van der Waals surface area contributed by atoms with Gasteiger partial charge in [-0.2, -0.15) is 0 Å². The third kappa shape index (κ3) is 4.37. The fourth-order valence-corrected chi connectivity index (χ4v) is 5.06. The molecule has 0 spiro atoms. The van der Waals surface area contributed by atoms with Crippen molar-refractivity contribution in [3.8, 4) is 11.1 Å². The largest absolute Gasteiger partial charge is 0.478 e. The molecule has 0 saturated carbocycles. The topological polar surface area (TPSA) is 95.9 Å². The van der Waals surface area contributed by atoms with Crippen LogP contribution < -0.4 is 10.2 Å². The molecular weight excluding hydrogens is 444 g/mol. The van der Waals surface area contributed by atoms with E-state index < -0.39 is 18.1 Å². The van der Waals surface area contributed by atoms with Crippen LogP contribution in [-0.4, -0.2) is 42.3 Å². The first-order chi connectivity index (χ1) is 16.9. The van der Waals surface area contributed by atoms with Gasteiger partial charge in [-0.3, -0.25) is 4.79 Å². The van der Waals surface area contributed by atoms with Gasteiger partial charge in [0, 0.05) is 30.6 Å². The molecule has 0 radical (unpaired) electrons. The Bertz CT molecular complexity index is 1270. The Morgan fingerprint density at radius 3 is 2.34 bits per heavy atom. The van der Waals surface area contributed by atoms with E-state index in [1.807, 2.05) is 24.3 Å². The highest BCUT2D eigenvalue weighted by Crippen LogP contribution is 2.44. The van der Waals surface area contributed by atoms with E-state index in [9.17, 15) is 19.5 Å². The first-order valence-electron chi connectivity index (χ1n) is 11.7. The first kappa shape index (κ1) is 22.7. The molecule has 3 aromatic rings. The summed E-state index contributed by atoms with van der Waals surface area (Å²) in [5.41, 5.74) is 6.40. The normalized spacial score (nSPS) is 14.6. The summed E-state index contributed by atoms with van der Waals surface area (Å²) in [6.45, 7) is 2.48. The molecule has 2 N–H and O–H groups in total. The van der Waals surface area contributed by atoms with Crippen LogP contribution in [0.2, 0.25) is 0 Å². The van der Waals surface area contributed by atoms with Crippen LogP contribution in [0.15, 0.2) is 66.7 Å². The maximum Gasteiger partial charge on any atom is 0.407 e. The molecule has 178 valence electrons. The molecule has 2 amide bonds. The zero-order valence-corrected chi connectivity index (χ0v) is 19.4. The quantitative estimate of drug-likeness (QED) is 0.549. The van der Waals surface area contributed by atoms with Crippen LogP contribution in [0, 0.1) is 0 Å². The third-order valence-corrected chi connectivity index (χ3v) is 6.71. The molecule has 2 aliphatic rings. The average molecular weight is 471 g/mol. The van der Waals surface area contributed by atoms with Gasteiger partial charge in [0.25, 0.3) is 0 Å². The molecule has 1 aliphatic heterocycles. The number of aromatic carboxylic acids is 1. The van der Waals surface area contributed by atoms with Gasteiger partial charge in [-0.05, 0) is 59.4 Å². The number of nitrogens with one attached hydrogen (secondary N) is 1. The average Bonchev–Trinajstić information content (AvgIpc) is 3.41. The Morgan fingerprint density at radius 2 is 1.69 bits per heavy atom. The molecule has 1 aliphatic carbocycles. The van der Waals surface area contributed by atoms with Crippen molar-refractivity contribution in [2.24, 2.45) is 0 Å². The smallest absolute Gasteiger partial charge is 0.407 e. The molecule has 7 heteroatoms. The Morgan fingerprint density at radius 1 is 1.03 bits per heavy atom. The summed E-state index contributed by atoms with van der Waals surface area (Å²) < 4.78 is 5.58. The van der Waals surface area contributed by atoms with Gasteiger partial charge in [0.1, 0.15) is 6.61 Å². The number of carboxylic acids is 1. The fourth-order valence-electron chi connectivity index (χ4n) is 5.06. The highest BCUT2D eigenvalue weighted by atomic mass is 16.5. The fraction of sp³-hybridized carbons (Fsp3) is 0.250. The Balaban J connectivity index is 1.17. The summed E-state index contributed by atoms with van der Waals surface area (Å²) in [5, 5.41) is 11.9. The van der Waals surface area contributed by atoms with E-state index in [4.69, 9.17) is 4.74 Å². The second-order valence-electron chi connectivity index (χ2n) is 9.02. The van der Waals surface area contributed by atoms with Crippen LogP contribution in [0.5, 0.6) is 0 Å². The summed E-state index contributed by atoms with van der Waals surface area (Å²) in [6, 6.07) is 20.7. The predicted molar refractivity (Wildman–Crippen MR) is 132 cm³/mol. The van der Waals surface area contributed by atoms with E-state index in [1.54, 1.807) is 24.0 Å². The summed E-state index contributed by atoms with van der Waals surface area (Å²) in [5.74, 6) is -1.14. The molecule has 5 rings (SSSR count). The van der Waals surface area contributed by atoms with E-state index in [0.717, 1.165) is 33.5 Å². The number of alkyl carbamates (subject to hydrolysis) is 1. The number of hydrogen-bond donors (Lipinski definition) is 2. The standard InChI is InChI=1S/C28H26N2O5/c1-17(14-26(31)30-13-12-18-15-19(27(32)33)10-11-25(18)30)29-28(34)35-16-24-22-8-4-2-6-20(22)21-7-3-5-9-23(21)24/h2-11,15,17,24H,12-14,16H2,1H3,(H,29,34)(H,32,33)/t17-/m0/s1. The van der Waals surface area contributed by atoms with Crippen molar-refractivity contribution in [3.05, 3.63) is 89.0 Å². The molecule has 0 saturated heterocycles. The van der Waals surface area contributed by atoms with Gasteiger partial charge < -0.3 is 20.1 Å². The van der Waals surface area contributed by atoms with Crippen molar-refractivity contribution in [1.82, 2.24) is 5.32 Å². The number of fused-ring (bicyclic) bond motifs is 4. The summed E-state index contributed by atoms with van der Waals surface area (Å²) in [6.07, 6.45) is 0.167. The number of carbonyl (C=O) groups excluding carboxylic acids is 2. The number of anilines is 1. The first-order valence-corrected chi connectivity index (χ1v) is 11.7. The Hall–Kier alpha value is -4.13. The minimum atomic E-state index is -0.988. The monoisotopic (exact) mass is 470 g/mol. The zero-order chi connectivity index (χ0) is 24.5. The Kier molecular flexibility index (Phi) is 5.99. The van der Waals surface area contributed by atoms with E-state index >= 15 is 0 Å². The lowest BCUT2D eigenvalue weighted by molar-refractivity contribution is -0.118. The van der Waals surface area contributed by atoms with Crippen molar-refractivity contribution in [2.45, 2.75) is 31.7 Å². The third-order valence-electron chi connectivity index (χ3n) is 6.71. The van der Waals surface area contributed by atoms with Crippen molar-refractivity contribution < 1.29 is 24.2 Å². The highest BCUT2D eigenvalue weighted by Gasteiger charge is 2.30. The van der Waals surface area contributed by atoms with E-state index in [-0.39, 0.29) is 30.4 Å². The lowest BCUT2D eigenvalue weighted by Gasteiger charge is -2.21. The number of benzene rings is 3. The van der Waals surface area contributed by atoms with Gasteiger partial charge in [0.15, 0.2) is 0 Å². The van der Waals surface area contributed by atoms with Crippen LogP contribution in [0.4, 0.5) is 10.5 Å². The molecule has 0 unspecified atom stereocenters. The second-order valence-corrected chi connectivity index (χ2v) is 9.02. The molecule has 7 nitrogen and oxygen atoms in total. The van der Waals surface area contributed by atoms with Gasteiger partial charge in [-0.15, -0.1) is 0 Å². The summed E-state index contributed by atoms with van der Waals surface area (Å²) in [4.78, 5) is 38.2. The maximum atomic E-state index is 12.9. The zero-order valence-electron chi connectivity index (χ0n) is 19.4. The highest BCUT2D eigenvalue weighted by molar-refractivity contribution is 5.97. The van der Waals surface area contributed by atoms with Crippen molar-refractivity contribution in [2.75, 3.05) is 18.1 Å². The lowest BCUT2D eigenvalue weighted by Crippen LogP contribution is -2.39. The lowest BCUT2D eigenvalue weighted by atomic mass is 9.98. The van der Waals surface area contributed by atoms with Gasteiger partial charge in [0.05, 0.1) is 5.56 Å². The number of nitrogens with zero attached hydrogens (tertiary/aromatic N) is 1. The molecule has 35 heavy (non-hydrogen) atoms. The predicted octanol–water partition coefficient (Wildman–Crippen LogP) is 4.59. The van der Waals surface area contributed by atoms with E-state index in [0.29, 0.717) is 13.0 Å². The molecule has 3 aromatic carbocycles. The number of carboxylic acid groups (broad SMARTS) is 1. The van der Waals surface area contributed by atoms with Crippen LogP contribution >= 0.6 is 0 Å². The molecule has 0 aromatic heterocycles. The molecule has 0 fully saturated rings. The Labute approximate surface area is 203 Å². The number of hydrogen-bond acceptors (Lipinski definition) is 4. The van der Waals surface area contributed by atoms with Crippen molar-refractivity contribution >= 4 is 23.7 Å². The van der Waals surface area contributed by atoms with Gasteiger partial charge in [-0.25, -0.2) is 9.59 Å². The second kappa shape index (κ2) is 9.25. The molecule has 1 atom stereocenters. The maximum absolute atomic E-state index is 12.9. The molecule has 0 bridgehead atoms. The van der Waals surface area contributed by atoms with Gasteiger partial charge in [0.2, 0.25) is 5.91 Å². The minimum Gasteiger partial charge on any atom is -0.478 e. The van der Waals surface area contributed by atoms with Crippen LogP contribution in [-0.2, 0) is 16.0 Å². The van der Waals surface area contributed by atoms with Gasteiger partial charge in [-0.1, -0.05) is 48.5 Å². The van der Waals surface area contributed by atoms with Crippen LogP contribution in [0.25, 0.3) is 11.1 Å². The number of ether oxygens (including phenoxy) is 1. The number of rotatable bonds is 6.